The van der Waals surface area contributed by atoms with E-state index in [4.69, 9.17) is 4.42 Å². The number of carbonyl (C=O) groups excluding carboxylic acids is 2. The number of allylic oxidation sites excluding steroid dienone is 2. The zero-order valence-electron chi connectivity index (χ0n) is 18.1. The number of Topliss-reactive ketones (excluding diaryl/α,β-unsaturated/α-hetero) is 1. The van der Waals surface area contributed by atoms with E-state index in [0.29, 0.717) is 30.6 Å². The molecule has 0 fully saturated rings. The number of ketones is 1. The molecular weight excluding hydrogens is 416 g/mol. The van der Waals surface area contributed by atoms with E-state index in [9.17, 15) is 19.5 Å². The lowest BCUT2D eigenvalue weighted by atomic mass is 10.0. The van der Waals surface area contributed by atoms with Crippen LogP contribution >= 0.6 is 11.3 Å². The molecule has 2 aromatic rings. The van der Waals surface area contributed by atoms with E-state index in [-0.39, 0.29) is 23.7 Å². The zero-order valence-corrected chi connectivity index (χ0v) is 18.9. The molecule has 7 heteroatoms. The van der Waals surface area contributed by atoms with E-state index < -0.39 is 11.4 Å². The molecule has 0 saturated heterocycles. The molecule has 0 radical (unpaired) electrons. The smallest absolute Gasteiger partial charge is 0.351 e. The van der Waals surface area contributed by atoms with E-state index >= 15 is 0 Å². The van der Waals surface area contributed by atoms with Gasteiger partial charge in [-0.3, -0.25) is 9.59 Å². The highest BCUT2D eigenvalue weighted by Gasteiger charge is 2.20. The summed E-state index contributed by atoms with van der Waals surface area (Å²) < 4.78 is 9.79. The van der Waals surface area contributed by atoms with Crippen molar-refractivity contribution in [2.45, 2.75) is 52.4 Å². The summed E-state index contributed by atoms with van der Waals surface area (Å²) in [6, 6.07) is 5.30. The predicted molar refractivity (Wildman–Crippen MR) is 122 cm³/mol. The Morgan fingerprint density at radius 2 is 2.00 bits per heavy atom. The van der Waals surface area contributed by atoms with Gasteiger partial charge in [-0.1, -0.05) is 25.5 Å². The van der Waals surface area contributed by atoms with Crippen LogP contribution in [0, 0.1) is 0 Å². The minimum atomic E-state index is -0.841. The summed E-state index contributed by atoms with van der Waals surface area (Å²) >= 11 is 1.60. The number of rotatable bonds is 11. The monoisotopic (exact) mass is 444 g/mol. The fraction of sp³-hybridized carbons (Fsp3) is 0.375. The largest absolute Gasteiger partial charge is 0.507 e. The molecule has 2 rings (SSSR count). The number of hydrogen-bond acceptors (Lipinski definition) is 7. The average molecular weight is 445 g/mol. The van der Waals surface area contributed by atoms with Crippen LogP contribution < -0.4 is 5.63 Å². The third-order valence-corrected chi connectivity index (χ3v) is 5.67. The van der Waals surface area contributed by atoms with Crippen LogP contribution in [0.3, 0.4) is 0 Å². The highest BCUT2D eigenvalue weighted by atomic mass is 32.1. The first kappa shape index (κ1) is 24.3. The third-order valence-electron chi connectivity index (χ3n) is 4.58. The summed E-state index contributed by atoms with van der Waals surface area (Å²) in [5.74, 6) is -0.918. The SMILES string of the molecule is CCCc1ccc(C=C(C)C(=O)c2c(O)cc(CCC/C=C/CC(=O)OC)oc2=O)s1. The molecule has 2 aromatic heterocycles. The number of aryl methyl sites for hydroxylation is 2. The summed E-state index contributed by atoms with van der Waals surface area (Å²) in [4.78, 5) is 38.3. The third kappa shape index (κ3) is 7.36. The van der Waals surface area contributed by atoms with E-state index in [1.807, 2.05) is 18.2 Å². The minimum Gasteiger partial charge on any atom is -0.507 e. The highest BCUT2D eigenvalue weighted by molar-refractivity contribution is 7.12. The standard InChI is InChI=1S/C24H28O6S/c1-4-9-18-12-13-19(31-18)14-16(2)23(27)22-20(25)15-17(30-24(22)28)10-7-5-6-8-11-21(26)29-3/h6,8,12-15,25H,4-5,7,9-11H2,1-3H3/b8-6+,16-14?. The Morgan fingerprint density at radius 1 is 1.23 bits per heavy atom. The first-order chi connectivity index (χ1) is 14.8. The minimum absolute atomic E-state index is 0.210. The molecule has 0 aliphatic heterocycles. The summed E-state index contributed by atoms with van der Waals surface area (Å²) in [6.07, 6.45) is 9.28. The normalized spacial score (nSPS) is 11.8. The maximum absolute atomic E-state index is 12.7. The van der Waals surface area contributed by atoms with Crippen molar-refractivity contribution in [3.05, 3.63) is 67.4 Å². The lowest BCUT2D eigenvalue weighted by molar-refractivity contribution is -0.139. The van der Waals surface area contributed by atoms with Crippen molar-refractivity contribution in [2.24, 2.45) is 0 Å². The topological polar surface area (TPSA) is 93.8 Å². The molecule has 0 aromatic carbocycles. The highest BCUT2D eigenvalue weighted by Crippen LogP contribution is 2.24. The van der Waals surface area contributed by atoms with Gasteiger partial charge in [-0.2, -0.15) is 0 Å². The van der Waals surface area contributed by atoms with Crippen LogP contribution in [0.4, 0.5) is 0 Å². The lowest BCUT2D eigenvalue weighted by Gasteiger charge is -2.05. The second-order valence-electron chi connectivity index (χ2n) is 7.11. The van der Waals surface area contributed by atoms with E-state index in [1.54, 1.807) is 30.4 Å². The summed E-state index contributed by atoms with van der Waals surface area (Å²) in [5, 5.41) is 10.3. The molecule has 6 nitrogen and oxygen atoms in total. The average Bonchev–Trinajstić information content (AvgIpc) is 3.16. The molecule has 0 bridgehead atoms. The first-order valence-corrected chi connectivity index (χ1v) is 11.1. The van der Waals surface area contributed by atoms with Crippen LogP contribution in [-0.4, -0.2) is 24.0 Å². The fourth-order valence-electron chi connectivity index (χ4n) is 2.96. The molecule has 0 amide bonds. The van der Waals surface area contributed by atoms with Crippen molar-refractivity contribution in [2.75, 3.05) is 7.11 Å². The first-order valence-electron chi connectivity index (χ1n) is 10.2. The lowest BCUT2D eigenvalue weighted by Crippen LogP contribution is -2.16. The van der Waals surface area contributed by atoms with Crippen LogP contribution in [0.15, 0.2) is 45.1 Å². The van der Waals surface area contributed by atoms with Crippen molar-refractivity contribution in [1.29, 1.82) is 0 Å². The van der Waals surface area contributed by atoms with E-state index in [2.05, 4.69) is 11.7 Å². The van der Waals surface area contributed by atoms with Crippen LogP contribution in [0.1, 0.15) is 65.4 Å². The Labute approximate surface area is 185 Å². The van der Waals surface area contributed by atoms with Gasteiger partial charge in [0.15, 0.2) is 5.78 Å². The number of methoxy groups -OCH3 is 1. The number of unbranched alkanes of at least 4 members (excludes halogenated alkanes) is 1. The van der Waals surface area contributed by atoms with Crippen LogP contribution in [-0.2, 0) is 22.4 Å². The summed E-state index contributed by atoms with van der Waals surface area (Å²) in [6.45, 7) is 3.73. The quantitative estimate of drug-likeness (QED) is 0.171. The van der Waals surface area contributed by atoms with Gasteiger partial charge in [0.2, 0.25) is 0 Å². The van der Waals surface area contributed by atoms with Gasteiger partial charge in [-0.05, 0) is 50.0 Å². The number of thiophene rings is 1. The molecule has 2 heterocycles. The Balaban J connectivity index is 2.03. The second-order valence-corrected chi connectivity index (χ2v) is 8.31. The van der Waals surface area contributed by atoms with E-state index in [0.717, 1.165) is 17.7 Å². The van der Waals surface area contributed by atoms with Crippen molar-refractivity contribution in [3.63, 3.8) is 0 Å². The number of esters is 1. The van der Waals surface area contributed by atoms with Gasteiger partial charge in [0.05, 0.1) is 13.5 Å². The van der Waals surface area contributed by atoms with Gasteiger partial charge in [-0.15, -0.1) is 11.3 Å². The Hall–Kier alpha value is -2.93. The van der Waals surface area contributed by atoms with E-state index in [1.165, 1.54) is 18.1 Å². The van der Waals surface area contributed by atoms with Crippen molar-refractivity contribution < 1.29 is 23.8 Å². The number of ether oxygens (including phenoxy) is 1. The number of hydrogen-bond donors (Lipinski definition) is 1. The van der Waals surface area contributed by atoms with Gasteiger partial charge in [0.25, 0.3) is 0 Å². The fourth-order valence-corrected chi connectivity index (χ4v) is 4.08. The van der Waals surface area contributed by atoms with Gasteiger partial charge < -0.3 is 14.3 Å². The van der Waals surface area contributed by atoms with Gasteiger partial charge in [0, 0.05) is 22.2 Å². The Morgan fingerprint density at radius 3 is 2.68 bits per heavy atom. The second kappa shape index (κ2) is 12.1. The molecule has 0 aliphatic rings. The molecule has 0 spiro atoms. The number of carbonyl (C=O) groups is 2. The van der Waals surface area contributed by atoms with Crippen LogP contribution in [0.25, 0.3) is 6.08 Å². The molecular formula is C24H28O6S. The van der Waals surface area contributed by atoms with Crippen molar-refractivity contribution in [3.8, 4) is 5.75 Å². The molecule has 0 aliphatic carbocycles. The van der Waals surface area contributed by atoms with Crippen molar-refractivity contribution >= 4 is 29.2 Å². The van der Waals surface area contributed by atoms with Crippen molar-refractivity contribution in [1.82, 2.24) is 0 Å². The molecule has 31 heavy (non-hydrogen) atoms. The maximum Gasteiger partial charge on any atom is 0.351 e. The Kier molecular flexibility index (Phi) is 9.46. The molecule has 0 unspecified atom stereocenters. The van der Waals surface area contributed by atoms with Gasteiger partial charge >= 0.3 is 11.6 Å². The van der Waals surface area contributed by atoms with Gasteiger partial charge in [-0.25, -0.2) is 4.79 Å². The van der Waals surface area contributed by atoms with Gasteiger partial charge in [0.1, 0.15) is 17.1 Å². The molecule has 166 valence electrons. The number of aromatic hydroxyl groups is 1. The van der Waals surface area contributed by atoms with Crippen LogP contribution in [0.2, 0.25) is 0 Å². The maximum atomic E-state index is 12.7. The van der Waals surface area contributed by atoms with Crippen LogP contribution in [0.5, 0.6) is 5.75 Å². The predicted octanol–water partition coefficient (Wildman–Crippen LogP) is 5.09. The molecule has 1 N–H and O–H groups in total. The Bertz CT molecular complexity index is 1020. The molecule has 0 saturated carbocycles. The molecule has 0 atom stereocenters. The zero-order chi connectivity index (χ0) is 22.8. The summed E-state index contributed by atoms with van der Waals surface area (Å²) in [5.41, 5.74) is -0.830. The summed E-state index contributed by atoms with van der Waals surface area (Å²) in [7, 11) is 1.34.